The molecular formula is C14H18N4O. The molecule has 0 saturated heterocycles. The number of nitrogens with two attached hydrogens (primary N) is 1. The van der Waals surface area contributed by atoms with Gasteiger partial charge in [0.05, 0.1) is 6.61 Å². The first-order chi connectivity index (χ1) is 9.20. The predicted molar refractivity (Wildman–Crippen MR) is 75.5 cm³/mol. The summed E-state index contributed by atoms with van der Waals surface area (Å²) >= 11 is 0. The van der Waals surface area contributed by atoms with E-state index in [0.29, 0.717) is 18.4 Å². The molecule has 5 heteroatoms. The highest BCUT2D eigenvalue weighted by Gasteiger charge is 2.07. The number of hydrogen-bond acceptors (Lipinski definition) is 5. The van der Waals surface area contributed by atoms with E-state index in [9.17, 15) is 0 Å². The minimum Gasteiger partial charge on any atom is -0.478 e. The lowest BCUT2D eigenvalue weighted by atomic mass is 10.1. The largest absolute Gasteiger partial charge is 0.478 e. The molecule has 0 fully saturated rings. The molecule has 0 radical (unpaired) electrons. The normalized spacial score (nSPS) is 11.9. The van der Waals surface area contributed by atoms with Gasteiger partial charge in [-0.15, -0.1) is 0 Å². The molecule has 0 aliphatic heterocycles. The summed E-state index contributed by atoms with van der Waals surface area (Å²) in [6.45, 7) is 4.44. The quantitative estimate of drug-likeness (QED) is 0.862. The second kappa shape index (κ2) is 6.15. The molecule has 1 heterocycles. The van der Waals surface area contributed by atoms with Crippen molar-refractivity contribution in [1.82, 2.24) is 9.97 Å². The first-order valence-electron chi connectivity index (χ1n) is 6.28. The number of anilines is 2. The van der Waals surface area contributed by atoms with Crippen molar-refractivity contribution in [2.45, 2.75) is 19.9 Å². The van der Waals surface area contributed by atoms with E-state index in [2.05, 4.69) is 15.3 Å². The summed E-state index contributed by atoms with van der Waals surface area (Å²) in [4.78, 5) is 8.45. The number of nitrogens with one attached hydrogen (secondary N) is 1. The molecule has 0 aliphatic carbocycles. The molecule has 2 aromatic rings. The summed E-state index contributed by atoms with van der Waals surface area (Å²) in [5.41, 5.74) is 7.87. The molecule has 2 rings (SSSR count). The Morgan fingerprint density at radius 2 is 2.11 bits per heavy atom. The summed E-state index contributed by atoms with van der Waals surface area (Å²) in [7, 11) is 0. The molecule has 3 N–H and O–H groups in total. The van der Waals surface area contributed by atoms with Gasteiger partial charge in [-0.1, -0.05) is 18.2 Å². The minimum absolute atomic E-state index is 0.0567. The summed E-state index contributed by atoms with van der Waals surface area (Å²) in [6.07, 6.45) is 1.66. The molecule has 100 valence electrons. The fourth-order valence-corrected chi connectivity index (χ4v) is 1.76. The molecule has 0 bridgehead atoms. The highest BCUT2D eigenvalue weighted by molar-refractivity contribution is 5.59. The van der Waals surface area contributed by atoms with E-state index in [4.69, 9.17) is 10.5 Å². The molecule has 0 spiro atoms. The number of nitrogens with zero attached hydrogens (tertiary/aromatic N) is 2. The number of para-hydroxylation sites is 1. The van der Waals surface area contributed by atoms with Crippen LogP contribution in [0.5, 0.6) is 5.88 Å². The van der Waals surface area contributed by atoms with Crippen molar-refractivity contribution in [2.75, 3.05) is 11.9 Å². The molecule has 1 aromatic heterocycles. The topological polar surface area (TPSA) is 73.1 Å². The summed E-state index contributed by atoms with van der Waals surface area (Å²) in [5.74, 6) is 1.05. The Balaban J connectivity index is 2.23. The molecule has 0 aliphatic rings. The zero-order valence-corrected chi connectivity index (χ0v) is 11.1. The van der Waals surface area contributed by atoms with E-state index < -0.39 is 0 Å². The summed E-state index contributed by atoms with van der Waals surface area (Å²) in [6, 6.07) is 9.52. The maximum atomic E-state index is 5.94. The van der Waals surface area contributed by atoms with Gasteiger partial charge in [0.25, 0.3) is 0 Å². The van der Waals surface area contributed by atoms with E-state index in [1.165, 1.54) is 0 Å². The van der Waals surface area contributed by atoms with E-state index in [1.54, 1.807) is 12.3 Å². The van der Waals surface area contributed by atoms with Crippen molar-refractivity contribution in [3.8, 4) is 5.88 Å². The van der Waals surface area contributed by atoms with E-state index in [0.717, 1.165) is 11.3 Å². The van der Waals surface area contributed by atoms with Gasteiger partial charge in [-0.3, -0.25) is 0 Å². The highest BCUT2D eigenvalue weighted by atomic mass is 16.5. The minimum atomic E-state index is -0.0567. The van der Waals surface area contributed by atoms with E-state index in [-0.39, 0.29) is 6.04 Å². The Labute approximate surface area is 112 Å². The highest BCUT2D eigenvalue weighted by Crippen LogP contribution is 2.23. The average Bonchev–Trinajstić information content (AvgIpc) is 2.40. The van der Waals surface area contributed by atoms with Gasteiger partial charge in [-0.25, -0.2) is 4.98 Å². The third kappa shape index (κ3) is 3.42. The van der Waals surface area contributed by atoms with Crippen LogP contribution in [0.3, 0.4) is 0 Å². The monoisotopic (exact) mass is 258 g/mol. The van der Waals surface area contributed by atoms with Crippen LogP contribution < -0.4 is 15.8 Å². The maximum Gasteiger partial charge on any atom is 0.230 e. The Kier molecular flexibility index (Phi) is 4.30. The molecule has 0 amide bonds. The van der Waals surface area contributed by atoms with Crippen LogP contribution in [0.25, 0.3) is 0 Å². The second-order valence-corrected chi connectivity index (χ2v) is 4.15. The molecule has 5 nitrogen and oxygen atoms in total. The summed E-state index contributed by atoms with van der Waals surface area (Å²) in [5, 5.41) is 3.17. The van der Waals surface area contributed by atoms with Crippen molar-refractivity contribution in [3.63, 3.8) is 0 Å². The van der Waals surface area contributed by atoms with Gasteiger partial charge in [0.15, 0.2) is 0 Å². The van der Waals surface area contributed by atoms with Crippen LogP contribution >= 0.6 is 0 Å². The van der Waals surface area contributed by atoms with Crippen molar-refractivity contribution >= 4 is 11.6 Å². The van der Waals surface area contributed by atoms with Crippen LogP contribution in [0, 0.1) is 0 Å². The Morgan fingerprint density at radius 3 is 2.84 bits per heavy atom. The van der Waals surface area contributed by atoms with Gasteiger partial charge in [0.1, 0.15) is 0 Å². The van der Waals surface area contributed by atoms with Crippen molar-refractivity contribution in [1.29, 1.82) is 0 Å². The fraction of sp³-hybridized carbons (Fsp3) is 0.286. The number of ether oxygens (including phenoxy) is 1. The van der Waals surface area contributed by atoms with Crippen LogP contribution in [0.2, 0.25) is 0 Å². The van der Waals surface area contributed by atoms with Gasteiger partial charge in [-0.05, 0) is 25.5 Å². The standard InChI is InChI=1S/C14H18N4O/c1-3-19-13-8-9-16-14(18-13)17-12-7-5-4-6-11(12)10(2)15/h4-10H,3,15H2,1-2H3,(H,16,17,18). The van der Waals surface area contributed by atoms with Gasteiger partial charge in [-0.2, -0.15) is 4.98 Å². The van der Waals surface area contributed by atoms with Crippen LogP contribution in [-0.4, -0.2) is 16.6 Å². The lowest BCUT2D eigenvalue weighted by Gasteiger charge is -2.13. The maximum absolute atomic E-state index is 5.94. The number of rotatable bonds is 5. The molecule has 1 atom stereocenters. The van der Waals surface area contributed by atoms with Crippen molar-refractivity contribution in [2.24, 2.45) is 5.73 Å². The Hall–Kier alpha value is -2.14. The second-order valence-electron chi connectivity index (χ2n) is 4.15. The number of hydrogen-bond donors (Lipinski definition) is 2. The Bertz CT molecular complexity index is 542. The van der Waals surface area contributed by atoms with Crippen LogP contribution in [0.15, 0.2) is 36.5 Å². The van der Waals surface area contributed by atoms with E-state index in [1.807, 2.05) is 38.1 Å². The van der Waals surface area contributed by atoms with Gasteiger partial charge in [0.2, 0.25) is 11.8 Å². The van der Waals surface area contributed by atoms with Crippen LogP contribution in [0.4, 0.5) is 11.6 Å². The molecule has 1 aromatic carbocycles. The number of aromatic nitrogens is 2. The molecule has 1 unspecified atom stereocenters. The van der Waals surface area contributed by atoms with Gasteiger partial charge in [0, 0.05) is 24.0 Å². The average molecular weight is 258 g/mol. The predicted octanol–water partition coefficient (Wildman–Crippen LogP) is 2.64. The van der Waals surface area contributed by atoms with E-state index >= 15 is 0 Å². The van der Waals surface area contributed by atoms with Crippen LogP contribution in [0.1, 0.15) is 25.5 Å². The molecule has 0 saturated carbocycles. The zero-order chi connectivity index (χ0) is 13.7. The van der Waals surface area contributed by atoms with Crippen LogP contribution in [-0.2, 0) is 0 Å². The first-order valence-corrected chi connectivity index (χ1v) is 6.28. The zero-order valence-electron chi connectivity index (χ0n) is 11.1. The van der Waals surface area contributed by atoms with Gasteiger partial charge >= 0.3 is 0 Å². The van der Waals surface area contributed by atoms with Crippen molar-refractivity contribution in [3.05, 3.63) is 42.1 Å². The lowest BCUT2D eigenvalue weighted by Crippen LogP contribution is -2.09. The SMILES string of the molecule is CCOc1ccnc(Nc2ccccc2C(C)N)n1. The lowest BCUT2D eigenvalue weighted by molar-refractivity contribution is 0.327. The van der Waals surface area contributed by atoms with Gasteiger partial charge < -0.3 is 15.8 Å². The fourth-order valence-electron chi connectivity index (χ4n) is 1.76. The first kappa shape index (κ1) is 13.3. The third-order valence-corrected chi connectivity index (χ3v) is 2.62. The number of benzene rings is 1. The molecule has 19 heavy (non-hydrogen) atoms. The smallest absolute Gasteiger partial charge is 0.230 e. The summed E-state index contributed by atoms with van der Waals surface area (Å²) < 4.78 is 5.35. The Morgan fingerprint density at radius 1 is 1.32 bits per heavy atom. The van der Waals surface area contributed by atoms with Crippen molar-refractivity contribution < 1.29 is 4.74 Å². The third-order valence-electron chi connectivity index (χ3n) is 2.62. The molecular weight excluding hydrogens is 240 g/mol.